The summed E-state index contributed by atoms with van der Waals surface area (Å²) in [6.45, 7) is 11.3. The molecule has 1 saturated heterocycles. The highest BCUT2D eigenvalue weighted by molar-refractivity contribution is 7.86. The number of hydrogen-bond donors (Lipinski definition) is 2. The molecule has 0 aromatic rings. The van der Waals surface area contributed by atoms with Crippen LogP contribution in [0.15, 0.2) is 4.99 Å². The van der Waals surface area contributed by atoms with E-state index >= 15 is 0 Å². The lowest BCUT2D eigenvalue weighted by molar-refractivity contribution is -0.121. The first-order chi connectivity index (χ1) is 11.3. The van der Waals surface area contributed by atoms with Gasteiger partial charge in [-0.25, -0.2) is 0 Å². The van der Waals surface area contributed by atoms with Gasteiger partial charge in [-0.3, -0.25) is 14.0 Å². The third-order valence-corrected chi connectivity index (χ3v) is 6.14. The van der Waals surface area contributed by atoms with Crippen molar-refractivity contribution in [2.45, 2.75) is 51.7 Å². The number of carbonyl (C=O) groups excluding carboxylic acids is 1. The standard InChI is InChI=1S/C17H34N4O2S/c1-6-19-16(20-9-12-24(23)17(2,3)4)21-10-7-14(8-11-21)13-15(22)18-5/h14H,6-13H2,1-5H3,(H,18,22)(H,19,20). The first kappa shape index (κ1) is 20.9. The summed E-state index contributed by atoms with van der Waals surface area (Å²) >= 11 is 0. The van der Waals surface area contributed by atoms with Gasteiger partial charge in [0.25, 0.3) is 0 Å². The Labute approximate surface area is 149 Å². The van der Waals surface area contributed by atoms with Gasteiger partial charge in [-0.2, -0.15) is 0 Å². The summed E-state index contributed by atoms with van der Waals surface area (Å²) < 4.78 is 11.9. The Kier molecular flexibility index (Phi) is 8.73. The van der Waals surface area contributed by atoms with Crippen molar-refractivity contribution in [3.8, 4) is 0 Å². The molecule has 0 aromatic heterocycles. The van der Waals surface area contributed by atoms with Crippen LogP contribution in [-0.4, -0.2) is 64.7 Å². The number of carbonyl (C=O) groups is 1. The zero-order valence-corrected chi connectivity index (χ0v) is 16.7. The number of rotatable bonds is 6. The van der Waals surface area contributed by atoms with Gasteiger partial charge in [0.05, 0.1) is 6.54 Å². The van der Waals surface area contributed by atoms with Crippen LogP contribution in [0.3, 0.4) is 0 Å². The monoisotopic (exact) mass is 358 g/mol. The molecule has 1 unspecified atom stereocenters. The van der Waals surface area contributed by atoms with E-state index in [1.807, 2.05) is 20.8 Å². The third kappa shape index (κ3) is 7.20. The summed E-state index contributed by atoms with van der Waals surface area (Å²) in [5.74, 6) is 2.07. The van der Waals surface area contributed by atoms with E-state index in [0.29, 0.717) is 24.6 Å². The van der Waals surface area contributed by atoms with Crippen LogP contribution < -0.4 is 10.6 Å². The van der Waals surface area contributed by atoms with Gasteiger partial charge in [0.2, 0.25) is 5.91 Å². The smallest absolute Gasteiger partial charge is 0.220 e. The van der Waals surface area contributed by atoms with E-state index in [-0.39, 0.29) is 10.7 Å². The number of hydrogen-bond acceptors (Lipinski definition) is 3. The summed E-state index contributed by atoms with van der Waals surface area (Å²) in [4.78, 5) is 18.4. The van der Waals surface area contributed by atoms with Crippen LogP contribution in [0.2, 0.25) is 0 Å². The Morgan fingerprint density at radius 3 is 2.42 bits per heavy atom. The first-order valence-corrected chi connectivity index (χ1v) is 10.2. The van der Waals surface area contributed by atoms with E-state index in [2.05, 4.69) is 27.4 Å². The lowest BCUT2D eigenvalue weighted by atomic mass is 9.93. The normalized spacial score (nSPS) is 18.4. The molecule has 0 radical (unpaired) electrons. The van der Waals surface area contributed by atoms with Gasteiger partial charge in [0.1, 0.15) is 0 Å². The molecule has 1 rings (SSSR count). The maximum atomic E-state index is 12.1. The fourth-order valence-electron chi connectivity index (χ4n) is 2.68. The minimum Gasteiger partial charge on any atom is -0.359 e. The van der Waals surface area contributed by atoms with Gasteiger partial charge >= 0.3 is 0 Å². The highest BCUT2D eigenvalue weighted by Gasteiger charge is 2.23. The Morgan fingerprint density at radius 2 is 1.92 bits per heavy atom. The first-order valence-electron chi connectivity index (χ1n) is 8.90. The fraction of sp³-hybridized carbons (Fsp3) is 0.882. The molecule has 0 aromatic carbocycles. The van der Waals surface area contributed by atoms with E-state index < -0.39 is 10.8 Å². The quantitative estimate of drug-likeness (QED) is 0.555. The van der Waals surface area contributed by atoms with E-state index in [0.717, 1.165) is 38.4 Å². The molecule has 1 fully saturated rings. The van der Waals surface area contributed by atoms with Gasteiger partial charge < -0.3 is 15.5 Å². The van der Waals surface area contributed by atoms with E-state index in [1.54, 1.807) is 7.05 Å². The van der Waals surface area contributed by atoms with E-state index in [9.17, 15) is 9.00 Å². The van der Waals surface area contributed by atoms with E-state index in [1.165, 1.54) is 0 Å². The predicted molar refractivity (Wildman–Crippen MR) is 102 cm³/mol. The molecule has 2 N–H and O–H groups in total. The SMILES string of the molecule is CCNC(=NCCS(=O)C(C)(C)C)N1CCC(CC(=O)NC)CC1. The zero-order chi connectivity index (χ0) is 18.2. The second-order valence-electron chi connectivity index (χ2n) is 7.21. The fourth-order valence-corrected chi connectivity index (χ4v) is 3.55. The largest absolute Gasteiger partial charge is 0.359 e. The van der Waals surface area contributed by atoms with Crippen molar-refractivity contribution in [2.75, 3.05) is 39.0 Å². The zero-order valence-electron chi connectivity index (χ0n) is 15.9. The van der Waals surface area contributed by atoms with Crippen molar-refractivity contribution in [1.29, 1.82) is 0 Å². The van der Waals surface area contributed by atoms with Crippen LogP contribution in [-0.2, 0) is 15.6 Å². The highest BCUT2D eigenvalue weighted by Crippen LogP contribution is 2.20. The highest BCUT2D eigenvalue weighted by atomic mass is 32.2. The molecule has 24 heavy (non-hydrogen) atoms. The number of aliphatic imine (C=N–C) groups is 1. The summed E-state index contributed by atoms with van der Waals surface area (Å²) in [5, 5.41) is 6.03. The molecule has 1 aliphatic rings. The minimum atomic E-state index is -0.874. The summed E-state index contributed by atoms with van der Waals surface area (Å²) in [6, 6.07) is 0. The third-order valence-electron chi connectivity index (χ3n) is 4.22. The Bertz CT molecular complexity index is 452. The average molecular weight is 359 g/mol. The Morgan fingerprint density at radius 1 is 1.29 bits per heavy atom. The molecule has 7 heteroatoms. The Hall–Kier alpha value is -1.11. The predicted octanol–water partition coefficient (Wildman–Crippen LogP) is 1.35. The lowest BCUT2D eigenvalue weighted by Gasteiger charge is -2.34. The molecular formula is C17H34N4O2S. The second-order valence-corrected chi connectivity index (χ2v) is 9.53. The van der Waals surface area contributed by atoms with Crippen LogP contribution in [0.5, 0.6) is 0 Å². The van der Waals surface area contributed by atoms with Crippen LogP contribution in [0.4, 0.5) is 0 Å². The number of nitrogens with zero attached hydrogens (tertiary/aromatic N) is 2. The van der Waals surface area contributed by atoms with Crippen molar-refractivity contribution in [2.24, 2.45) is 10.9 Å². The van der Waals surface area contributed by atoms with Crippen LogP contribution in [0, 0.1) is 5.92 Å². The number of amides is 1. The Balaban J connectivity index is 2.52. The molecule has 1 aliphatic heterocycles. The van der Waals surface area contributed by atoms with Crippen molar-refractivity contribution in [3.05, 3.63) is 0 Å². The lowest BCUT2D eigenvalue weighted by Crippen LogP contribution is -2.46. The van der Waals surface area contributed by atoms with Gasteiger partial charge in [-0.05, 0) is 46.5 Å². The van der Waals surface area contributed by atoms with Gasteiger partial charge in [-0.15, -0.1) is 0 Å². The number of piperidine rings is 1. The van der Waals surface area contributed by atoms with Crippen molar-refractivity contribution in [3.63, 3.8) is 0 Å². The number of guanidine groups is 1. The summed E-state index contributed by atoms with van der Waals surface area (Å²) in [5.41, 5.74) is 0. The van der Waals surface area contributed by atoms with Crippen molar-refractivity contribution >= 4 is 22.7 Å². The minimum absolute atomic E-state index is 0.124. The maximum absolute atomic E-state index is 12.1. The van der Waals surface area contributed by atoms with E-state index in [4.69, 9.17) is 0 Å². The van der Waals surface area contributed by atoms with Crippen molar-refractivity contribution in [1.82, 2.24) is 15.5 Å². The number of likely N-dealkylation sites (tertiary alicyclic amines) is 1. The molecule has 0 bridgehead atoms. The van der Waals surface area contributed by atoms with Crippen LogP contribution >= 0.6 is 0 Å². The molecule has 0 aliphatic carbocycles. The molecule has 1 amide bonds. The topological polar surface area (TPSA) is 73.8 Å². The summed E-state index contributed by atoms with van der Waals surface area (Å²) in [6.07, 6.45) is 2.63. The van der Waals surface area contributed by atoms with Gasteiger partial charge in [-0.1, -0.05) is 0 Å². The molecule has 6 nitrogen and oxygen atoms in total. The summed E-state index contributed by atoms with van der Waals surface area (Å²) in [7, 11) is 0.815. The molecule has 140 valence electrons. The molecule has 0 spiro atoms. The maximum Gasteiger partial charge on any atom is 0.220 e. The van der Waals surface area contributed by atoms with Crippen LogP contribution in [0.1, 0.15) is 47.0 Å². The van der Waals surface area contributed by atoms with Crippen LogP contribution in [0.25, 0.3) is 0 Å². The molecule has 1 heterocycles. The molecule has 0 saturated carbocycles. The molecular weight excluding hydrogens is 324 g/mol. The van der Waals surface area contributed by atoms with Crippen molar-refractivity contribution < 1.29 is 9.00 Å². The second kappa shape index (κ2) is 10.0. The average Bonchev–Trinajstić information content (AvgIpc) is 2.53. The van der Waals surface area contributed by atoms with Gasteiger partial charge in [0, 0.05) is 54.4 Å². The molecule has 1 atom stereocenters. The van der Waals surface area contributed by atoms with Gasteiger partial charge in [0.15, 0.2) is 5.96 Å². The number of nitrogens with one attached hydrogen (secondary N) is 2.